The highest BCUT2D eigenvalue weighted by atomic mass is 35.5. The van der Waals surface area contributed by atoms with Crippen molar-refractivity contribution in [2.75, 3.05) is 11.9 Å². The fraction of sp³-hybridized carbons (Fsp3) is 0.429. The Kier molecular flexibility index (Phi) is 6.48. The third-order valence-electron chi connectivity index (χ3n) is 2.76. The van der Waals surface area contributed by atoms with Crippen LogP contribution in [-0.4, -0.2) is 24.4 Å². The zero-order valence-electron chi connectivity index (χ0n) is 11.7. The third kappa shape index (κ3) is 4.51. The number of amides is 2. The lowest BCUT2D eigenvalue weighted by atomic mass is 10.1. The van der Waals surface area contributed by atoms with Crippen LogP contribution in [0.3, 0.4) is 0 Å². The summed E-state index contributed by atoms with van der Waals surface area (Å²) < 4.78 is 0. The molecule has 0 radical (unpaired) electrons. The van der Waals surface area contributed by atoms with Crippen LogP contribution in [-0.2, 0) is 4.79 Å². The van der Waals surface area contributed by atoms with Crippen molar-refractivity contribution in [1.82, 2.24) is 5.32 Å². The maximum absolute atomic E-state index is 11.9. The lowest BCUT2D eigenvalue weighted by Crippen LogP contribution is -2.36. The lowest BCUT2D eigenvalue weighted by molar-refractivity contribution is -0.117. The number of benzene rings is 1. The van der Waals surface area contributed by atoms with Crippen LogP contribution < -0.4 is 16.4 Å². The summed E-state index contributed by atoms with van der Waals surface area (Å²) in [7, 11) is 0. The number of nitrogens with two attached hydrogens (primary N) is 1. The lowest BCUT2D eigenvalue weighted by Gasteiger charge is -2.14. The molecule has 6 heteroatoms. The molecule has 0 spiro atoms. The van der Waals surface area contributed by atoms with Crippen LogP contribution in [0.15, 0.2) is 18.2 Å². The predicted octanol–water partition coefficient (Wildman–Crippen LogP) is 2.16. The van der Waals surface area contributed by atoms with E-state index in [0.717, 1.165) is 6.42 Å². The quantitative estimate of drug-likeness (QED) is 0.752. The second-order valence-electron chi connectivity index (χ2n) is 4.43. The van der Waals surface area contributed by atoms with E-state index in [1.807, 2.05) is 13.8 Å². The summed E-state index contributed by atoms with van der Waals surface area (Å²) in [5.74, 6) is -0.589. The van der Waals surface area contributed by atoms with Crippen molar-refractivity contribution in [3.05, 3.63) is 28.8 Å². The van der Waals surface area contributed by atoms with E-state index in [9.17, 15) is 9.59 Å². The molecule has 0 saturated carbocycles. The van der Waals surface area contributed by atoms with E-state index in [4.69, 9.17) is 17.3 Å². The van der Waals surface area contributed by atoms with Gasteiger partial charge in [-0.25, -0.2) is 0 Å². The van der Waals surface area contributed by atoms with Crippen molar-refractivity contribution in [1.29, 1.82) is 0 Å². The Morgan fingerprint density at radius 1 is 1.35 bits per heavy atom. The first kappa shape index (κ1) is 16.5. The Morgan fingerprint density at radius 2 is 2.05 bits per heavy atom. The molecule has 4 N–H and O–H groups in total. The van der Waals surface area contributed by atoms with Gasteiger partial charge in [0.25, 0.3) is 5.91 Å². The maximum Gasteiger partial charge on any atom is 0.253 e. The van der Waals surface area contributed by atoms with Gasteiger partial charge >= 0.3 is 0 Å². The summed E-state index contributed by atoms with van der Waals surface area (Å²) in [5.41, 5.74) is 6.50. The monoisotopic (exact) mass is 297 g/mol. The molecule has 1 rings (SSSR count). The van der Waals surface area contributed by atoms with Crippen LogP contribution in [0.4, 0.5) is 5.69 Å². The van der Waals surface area contributed by atoms with Gasteiger partial charge in [-0.1, -0.05) is 24.9 Å². The average molecular weight is 298 g/mol. The predicted molar refractivity (Wildman–Crippen MR) is 81.0 cm³/mol. The van der Waals surface area contributed by atoms with E-state index in [2.05, 4.69) is 10.6 Å². The summed E-state index contributed by atoms with van der Waals surface area (Å²) >= 11 is 5.89. The first-order chi connectivity index (χ1) is 9.49. The Balaban J connectivity index is 2.94. The van der Waals surface area contributed by atoms with Gasteiger partial charge in [-0.2, -0.15) is 0 Å². The zero-order valence-corrected chi connectivity index (χ0v) is 12.5. The number of hydrogen-bond donors (Lipinski definition) is 3. The van der Waals surface area contributed by atoms with E-state index in [-0.39, 0.29) is 11.8 Å². The van der Waals surface area contributed by atoms with Crippen molar-refractivity contribution >= 4 is 29.1 Å². The van der Waals surface area contributed by atoms with E-state index < -0.39 is 6.04 Å². The van der Waals surface area contributed by atoms with Crippen LogP contribution >= 0.6 is 11.6 Å². The van der Waals surface area contributed by atoms with Crippen molar-refractivity contribution in [2.24, 2.45) is 5.73 Å². The summed E-state index contributed by atoms with van der Waals surface area (Å²) in [6.45, 7) is 4.27. The van der Waals surface area contributed by atoms with Gasteiger partial charge in [0.05, 0.1) is 17.3 Å². The van der Waals surface area contributed by atoms with Gasteiger partial charge in [0.1, 0.15) is 0 Å². The highest BCUT2D eigenvalue weighted by molar-refractivity contribution is 6.31. The van der Waals surface area contributed by atoms with Gasteiger partial charge in [0.2, 0.25) is 5.91 Å². The number of hydrogen-bond acceptors (Lipinski definition) is 3. The van der Waals surface area contributed by atoms with E-state index >= 15 is 0 Å². The highest BCUT2D eigenvalue weighted by Gasteiger charge is 2.17. The molecule has 1 unspecified atom stereocenters. The molecule has 110 valence electrons. The maximum atomic E-state index is 11.9. The molecular formula is C14H20ClN3O2. The molecule has 0 aromatic heterocycles. The molecule has 0 fully saturated rings. The number of rotatable bonds is 6. The van der Waals surface area contributed by atoms with Crippen LogP contribution in [0.5, 0.6) is 0 Å². The highest BCUT2D eigenvalue weighted by Crippen LogP contribution is 2.21. The molecule has 0 heterocycles. The zero-order chi connectivity index (χ0) is 15.1. The molecular weight excluding hydrogens is 278 g/mol. The van der Waals surface area contributed by atoms with Gasteiger partial charge in [-0.05, 0) is 31.5 Å². The molecule has 0 aliphatic carbocycles. The standard InChI is InChI=1S/C14H20ClN3O2/c1-3-5-11(16)14(20)18-12-7-6-9(15)8-10(12)13(19)17-4-2/h6-8,11H,3-5,16H2,1-2H3,(H,17,19)(H,18,20). The molecule has 0 saturated heterocycles. The summed E-state index contributed by atoms with van der Waals surface area (Å²) in [6, 6.07) is 4.15. The minimum atomic E-state index is -0.585. The molecule has 1 atom stereocenters. The number of anilines is 1. The largest absolute Gasteiger partial charge is 0.352 e. The normalized spacial score (nSPS) is 11.8. The van der Waals surface area contributed by atoms with Crippen LogP contribution in [0.1, 0.15) is 37.0 Å². The van der Waals surface area contributed by atoms with Crippen molar-refractivity contribution in [3.63, 3.8) is 0 Å². The molecule has 1 aromatic carbocycles. The summed E-state index contributed by atoms with van der Waals surface area (Å²) in [4.78, 5) is 23.9. The molecule has 0 bridgehead atoms. The molecule has 1 aromatic rings. The Labute approximate surface area is 123 Å². The number of halogens is 1. The first-order valence-electron chi connectivity index (χ1n) is 6.63. The first-order valence-corrected chi connectivity index (χ1v) is 7.01. The van der Waals surface area contributed by atoms with Crippen molar-refractivity contribution in [2.45, 2.75) is 32.7 Å². The minimum absolute atomic E-state index is 0.283. The van der Waals surface area contributed by atoms with Gasteiger partial charge in [-0.3, -0.25) is 9.59 Å². The van der Waals surface area contributed by atoms with Crippen LogP contribution in [0, 0.1) is 0 Å². The Hall–Kier alpha value is -1.59. The Bertz CT molecular complexity index is 491. The molecule has 5 nitrogen and oxygen atoms in total. The van der Waals surface area contributed by atoms with E-state index in [1.54, 1.807) is 12.1 Å². The average Bonchev–Trinajstić information content (AvgIpc) is 2.41. The van der Waals surface area contributed by atoms with Crippen LogP contribution in [0.2, 0.25) is 5.02 Å². The molecule has 20 heavy (non-hydrogen) atoms. The molecule has 0 aliphatic heterocycles. The number of nitrogens with one attached hydrogen (secondary N) is 2. The molecule has 2 amide bonds. The van der Waals surface area contributed by atoms with Crippen molar-refractivity contribution in [3.8, 4) is 0 Å². The van der Waals surface area contributed by atoms with E-state index in [1.165, 1.54) is 6.07 Å². The minimum Gasteiger partial charge on any atom is -0.352 e. The fourth-order valence-electron chi connectivity index (χ4n) is 1.74. The van der Waals surface area contributed by atoms with Crippen LogP contribution in [0.25, 0.3) is 0 Å². The number of carbonyl (C=O) groups is 2. The summed E-state index contributed by atoms with van der Waals surface area (Å²) in [6.07, 6.45) is 1.41. The summed E-state index contributed by atoms with van der Waals surface area (Å²) in [5, 5.41) is 5.79. The van der Waals surface area contributed by atoms with Crippen molar-refractivity contribution < 1.29 is 9.59 Å². The SMILES string of the molecule is CCCC(N)C(=O)Nc1ccc(Cl)cc1C(=O)NCC. The van der Waals surface area contributed by atoms with E-state index in [0.29, 0.717) is 29.2 Å². The molecule has 0 aliphatic rings. The van der Waals surface area contributed by atoms with Gasteiger partial charge in [0, 0.05) is 11.6 Å². The topological polar surface area (TPSA) is 84.2 Å². The number of carbonyl (C=O) groups excluding carboxylic acids is 2. The Morgan fingerprint density at radius 3 is 2.65 bits per heavy atom. The second kappa shape index (κ2) is 7.87. The second-order valence-corrected chi connectivity index (χ2v) is 4.87. The van der Waals surface area contributed by atoms with Gasteiger partial charge < -0.3 is 16.4 Å². The fourth-order valence-corrected chi connectivity index (χ4v) is 1.91. The smallest absolute Gasteiger partial charge is 0.253 e. The van der Waals surface area contributed by atoms with Gasteiger partial charge in [-0.15, -0.1) is 0 Å². The van der Waals surface area contributed by atoms with Gasteiger partial charge in [0.15, 0.2) is 0 Å². The third-order valence-corrected chi connectivity index (χ3v) is 2.99.